The Morgan fingerprint density at radius 1 is 1.43 bits per heavy atom. The van der Waals surface area contributed by atoms with Gasteiger partial charge >= 0.3 is 0 Å². The Labute approximate surface area is 95.6 Å². The van der Waals surface area contributed by atoms with Crippen LogP contribution in [0, 0.1) is 0 Å². The van der Waals surface area contributed by atoms with Gasteiger partial charge in [0.15, 0.2) is 0 Å². The standard InChI is InChI=1S/C10H8BrClN2/c11-9-6-8(7-12)2-3-10(9)14-5-1-4-13-14/h1-6H,7H2. The molecule has 0 fully saturated rings. The number of aromatic nitrogens is 2. The lowest BCUT2D eigenvalue weighted by molar-refractivity contribution is 0.875. The molecule has 0 amide bonds. The Bertz CT molecular complexity index is 426. The molecule has 0 spiro atoms. The SMILES string of the molecule is ClCc1ccc(-n2cccn2)c(Br)c1. The molecule has 0 aliphatic rings. The van der Waals surface area contributed by atoms with Gasteiger partial charge in [0.25, 0.3) is 0 Å². The predicted octanol–water partition coefficient (Wildman–Crippen LogP) is 3.37. The topological polar surface area (TPSA) is 17.8 Å². The summed E-state index contributed by atoms with van der Waals surface area (Å²) in [5.74, 6) is 0.526. The third-order valence-corrected chi connectivity index (χ3v) is 2.86. The van der Waals surface area contributed by atoms with Crippen molar-refractivity contribution in [1.29, 1.82) is 0 Å². The van der Waals surface area contributed by atoms with Crippen molar-refractivity contribution in [2.75, 3.05) is 0 Å². The maximum Gasteiger partial charge on any atom is 0.0787 e. The first kappa shape index (κ1) is 9.74. The van der Waals surface area contributed by atoms with Crippen LogP contribution in [0.2, 0.25) is 0 Å². The minimum Gasteiger partial charge on any atom is -0.240 e. The molecule has 2 nitrogen and oxygen atoms in total. The number of nitrogens with zero attached hydrogens (tertiary/aromatic N) is 2. The fourth-order valence-corrected chi connectivity index (χ4v) is 2.00. The van der Waals surface area contributed by atoms with Crippen molar-refractivity contribution in [2.24, 2.45) is 0 Å². The van der Waals surface area contributed by atoms with Gasteiger partial charge in [-0.05, 0) is 39.7 Å². The van der Waals surface area contributed by atoms with E-state index >= 15 is 0 Å². The molecule has 1 heterocycles. The van der Waals surface area contributed by atoms with E-state index in [4.69, 9.17) is 11.6 Å². The lowest BCUT2D eigenvalue weighted by Gasteiger charge is -2.05. The van der Waals surface area contributed by atoms with Crippen LogP contribution in [-0.4, -0.2) is 9.78 Å². The van der Waals surface area contributed by atoms with Gasteiger partial charge in [0.1, 0.15) is 0 Å². The highest BCUT2D eigenvalue weighted by molar-refractivity contribution is 9.10. The van der Waals surface area contributed by atoms with Crippen molar-refractivity contribution in [3.05, 3.63) is 46.7 Å². The van der Waals surface area contributed by atoms with E-state index in [1.165, 1.54) is 0 Å². The Hall–Kier alpha value is -0.800. The summed E-state index contributed by atoms with van der Waals surface area (Å²) in [5, 5.41) is 4.16. The number of hydrogen-bond donors (Lipinski definition) is 0. The Morgan fingerprint density at radius 2 is 2.29 bits per heavy atom. The highest BCUT2D eigenvalue weighted by Gasteiger charge is 2.02. The number of rotatable bonds is 2. The van der Waals surface area contributed by atoms with Crippen molar-refractivity contribution in [2.45, 2.75) is 5.88 Å². The summed E-state index contributed by atoms with van der Waals surface area (Å²) in [5.41, 5.74) is 2.11. The molecule has 1 aromatic carbocycles. The summed E-state index contributed by atoms with van der Waals surface area (Å²) < 4.78 is 2.81. The molecule has 2 aromatic rings. The van der Waals surface area contributed by atoms with Crippen LogP contribution in [0.25, 0.3) is 5.69 Å². The molecular formula is C10H8BrClN2. The second-order valence-corrected chi connectivity index (χ2v) is 3.99. The Kier molecular flexibility index (Phi) is 2.89. The van der Waals surface area contributed by atoms with E-state index < -0.39 is 0 Å². The molecule has 0 aliphatic carbocycles. The number of benzene rings is 1. The molecule has 1 aromatic heterocycles. The van der Waals surface area contributed by atoms with Crippen LogP contribution in [0.1, 0.15) is 5.56 Å². The van der Waals surface area contributed by atoms with E-state index in [-0.39, 0.29) is 0 Å². The molecule has 2 rings (SSSR count). The van der Waals surface area contributed by atoms with Crippen molar-refractivity contribution in [1.82, 2.24) is 9.78 Å². The lowest BCUT2D eigenvalue weighted by Crippen LogP contribution is -1.95. The molecule has 14 heavy (non-hydrogen) atoms. The van der Waals surface area contributed by atoms with Gasteiger partial charge in [0.05, 0.1) is 5.69 Å². The molecule has 72 valence electrons. The quantitative estimate of drug-likeness (QED) is 0.766. The van der Waals surface area contributed by atoms with Gasteiger partial charge in [-0.1, -0.05) is 6.07 Å². The molecule has 0 saturated heterocycles. The minimum absolute atomic E-state index is 0.526. The van der Waals surface area contributed by atoms with Crippen LogP contribution in [0.5, 0.6) is 0 Å². The largest absolute Gasteiger partial charge is 0.240 e. The van der Waals surface area contributed by atoms with E-state index in [2.05, 4.69) is 21.0 Å². The number of halogens is 2. The molecule has 0 N–H and O–H groups in total. The van der Waals surface area contributed by atoms with Crippen molar-refractivity contribution < 1.29 is 0 Å². The molecule has 0 saturated carbocycles. The molecule has 4 heteroatoms. The summed E-state index contributed by atoms with van der Waals surface area (Å²) in [4.78, 5) is 0. The van der Waals surface area contributed by atoms with Gasteiger partial charge in [-0.3, -0.25) is 0 Å². The first-order valence-electron chi connectivity index (χ1n) is 4.15. The summed E-state index contributed by atoms with van der Waals surface area (Å²) >= 11 is 9.22. The maximum atomic E-state index is 5.73. The van der Waals surface area contributed by atoms with E-state index in [0.29, 0.717) is 5.88 Å². The monoisotopic (exact) mass is 270 g/mol. The zero-order chi connectivity index (χ0) is 9.97. The van der Waals surface area contributed by atoms with Crippen molar-refractivity contribution in [3.63, 3.8) is 0 Å². The molecular weight excluding hydrogens is 263 g/mol. The van der Waals surface area contributed by atoms with Gasteiger partial charge < -0.3 is 0 Å². The second-order valence-electron chi connectivity index (χ2n) is 2.87. The van der Waals surface area contributed by atoms with Crippen molar-refractivity contribution >= 4 is 27.5 Å². The van der Waals surface area contributed by atoms with Crippen LogP contribution in [0.3, 0.4) is 0 Å². The maximum absolute atomic E-state index is 5.73. The molecule has 0 radical (unpaired) electrons. The van der Waals surface area contributed by atoms with Crippen LogP contribution in [0.4, 0.5) is 0 Å². The zero-order valence-electron chi connectivity index (χ0n) is 7.32. The first-order chi connectivity index (χ1) is 6.81. The summed E-state index contributed by atoms with van der Waals surface area (Å²) in [7, 11) is 0. The summed E-state index contributed by atoms with van der Waals surface area (Å²) in [6, 6.07) is 7.88. The van der Waals surface area contributed by atoms with E-state index in [0.717, 1.165) is 15.7 Å². The number of hydrogen-bond acceptors (Lipinski definition) is 1. The van der Waals surface area contributed by atoms with E-state index in [1.54, 1.807) is 6.20 Å². The molecule has 0 atom stereocenters. The third-order valence-electron chi connectivity index (χ3n) is 1.92. The van der Waals surface area contributed by atoms with Crippen molar-refractivity contribution in [3.8, 4) is 5.69 Å². The minimum atomic E-state index is 0.526. The normalized spacial score (nSPS) is 10.4. The molecule has 0 bridgehead atoms. The fourth-order valence-electron chi connectivity index (χ4n) is 1.23. The van der Waals surface area contributed by atoms with E-state index in [9.17, 15) is 0 Å². The lowest BCUT2D eigenvalue weighted by atomic mass is 10.2. The smallest absolute Gasteiger partial charge is 0.0787 e. The average Bonchev–Trinajstić information content (AvgIpc) is 2.70. The van der Waals surface area contributed by atoms with Gasteiger partial charge in [0.2, 0.25) is 0 Å². The van der Waals surface area contributed by atoms with Crippen LogP contribution in [-0.2, 0) is 5.88 Å². The second kappa shape index (κ2) is 4.15. The van der Waals surface area contributed by atoms with E-state index in [1.807, 2.05) is 35.1 Å². The highest BCUT2D eigenvalue weighted by Crippen LogP contribution is 2.22. The highest BCUT2D eigenvalue weighted by atomic mass is 79.9. The van der Waals surface area contributed by atoms with Gasteiger partial charge in [-0.15, -0.1) is 11.6 Å². The Balaban J connectivity index is 2.46. The van der Waals surface area contributed by atoms with Crippen LogP contribution >= 0.6 is 27.5 Å². The van der Waals surface area contributed by atoms with Crippen LogP contribution in [0.15, 0.2) is 41.1 Å². The summed E-state index contributed by atoms with van der Waals surface area (Å²) in [6.07, 6.45) is 3.66. The zero-order valence-corrected chi connectivity index (χ0v) is 9.66. The average molecular weight is 272 g/mol. The van der Waals surface area contributed by atoms with Gasteiger partial charge in [0, 0.05) is 22.7 Å². The third kappa shape index (κ3) is 1.83. The number of alkyl halides is 1. The first-order valence-corrected chi connectivity index (χ1v) is 5.48. The van der Waals surface area contributed by atoms with Crippen LogP contribution < -0.4 is 0 Å². The van der Waals surface area contributed by atoms with Gasteiger partial charge in [-0.2, -0.15) is 5.10 Å². The summed E-state index contributed by atoms with van der Waals surface area (Å²) in [6.45, 7) is 0. The predicted molar refractivity (Wildman–Crippen MR) is 60.8 cm³/mol. The Morgan fingerprint density at radius 3 is 2.86 bits per heavy atom. The van der Waals surface area contributed by atoms with Gasteiger partial charge in [-0.25, -0.2) is 4.68 Å². The fraction of sp³-hybridized carbons (Fsp3) is 0.100. The molecule has 0 aliphatic heterocycles. The molecule has 0 unspecified atom stereocenters.